The Kier molecular flexibility index (Phi) is 2.90. The largest absolute Gasteiger partial charge is 0.494 e. The molecule has 0 spiro atoms. The summed E-state index contributed by atoms with van der Waals surface area (Å²) in [6.07, 6.45) is 0. The van der Waals surface area contributed by atoms with Crippen LogP contribution in [0.25, 0.3) is 0 Å². The standard InChI is InChI=1S/C7H4BrClN2O/c1-12-6-2-4(8)7(9)11-5(6)3-10/h2H,1H3. The van der Waals surface area contributed by atoms with Gasteiger partial charge in [0.15, 0.2) is 11.4 Å². The monoisotopic (exact) mass is 246 g/mol. The Morgan fingerprint density at radius 2 is 2.42 bits per heavy atom. The number of nitrogens with zero attached hydrogens (tertiary/aromatic N) is 2. The van der Waals surface area contributed by atoms with E-state index in [1.807, 2.05) is 6.07 Å². The van der Waals surface area contributed by atoms with Crippen LogP contribution in [0.2, 0.25) is 5.15 Å². The van der Waals surface area contributed by atoms with E-state index in [0.717, 1.165) is 0 Å². The average Bonchev–Trinajstić information content (AvgIpc) is 2.09. The average molecular weight is 247 g/mol. The summed E-state index contributed by atoms with van der Waals surface area (Å²) in [5.41, 5.74) is 0.186. The van der Waals surface area contributed by atoms with Gasteiger partial charge in [0.25, 0.3) is 0 Å². The number of nitriles is 1. The molecular formula is C7H4BrClN2O. The zero-order chi connectivity index (χ0) is 9.14. The van der Waals surface area contributed by atoms with Crippen LogP contribution >= 0.6 is 27.5 Å². The molecule has 0 aliphatic heterocycles. The summed E-state index contributed by atoms with van der Waals surface area (Å²) in [7, 11) is 1.47. The van der Waals surface area contributed by atoms with Crippen LogP contribution < -0.4 is 4.74 Å². The van der Waals surface area contributed by atoms with Gasteiger partial charge in [0, 0.05) is 6.07 Å². The molecule has 5 heteroatoms. The first-order chi connectivity index (χ1) is 5.69. The summed E-state index contributed by atoms with van der Waals surface area (Å²) < 4.78 is 5.51. The molecule has 12 heavy (non-hydrogen) atoms. The predicted octanol–water partition coefficient (Wildman–Crippen LogP) is 2.38. The highest BCUT2D eigenvalue weighted by molar-refractivity contribution is 9.10. The number of hydrogen-bond acceptors (Lipinski definition) is 3. The van der Waals surface area contributed by atoms with Gasteiger partial charge in [-0.1, -0.05) is 11.6 Å². The molecule has 0 unspecified atom stereocenters. The van der Waals surface area contributed by atoms with Gasteiger partial charge in [-0.15, -0.1) is 0 Å². The molecular weight excluding hydrogens is 243 g/mol. The van der Waals surface area contributed by atoms with E-state index in [1.165, 1.54) is 7.11 Å². The van der Waals surface area contributed by atoms with Crippen molar-refractivity contribution in [1.82, 2.24) is 4.98 Å². The fourth-order valence-corrected chi connectivity index (χ4v) is 1.12. The van der Waals surface area contributed by atoms with Gasteiger partial charge in [-0.05, 0) is 15.9 Å². The highest BCUT2D eigenvalue weighted by atomic mass is 79.9. The van der Waals surface area contributed by atoms with E-state index in [0.29, 0.717) is 10.2 Å². The van der Waals surface area contributed by atoms with E-state index in [9.17, 15) is 0 Å². The summed E-state index contributed by atoms with van der Waals surface area (Å²) in [5, 5.41) is 8.86. The van der Waals surface area contributed by atoms with E-state index < -0.39 is 0 Å². The number of hydrogen-bond donors (Lipinski definition) is 0. The van der Waals surface area contributed by atoms with Crippen molar-refractivity contribution >= 4 is 27.5 Å². The molecule has 1 aromatic rings. The number of rotatable bonds is 1. The normalized spacial score (nSPS) is 9.17. The van der Waals surface area contributed by atoms with Crippen LogP contribution in [0.15, 0.2) is 10.5 Å². The molecule has 0 aromatic carbocycles. The highest BCUT2D eigenvalue weighted by Crippen LogP contribution is 2.26. The second-order valence-electron chi connectivity index (χ2n) is 1.92. The summed E-state index contributed by atoms with van der Waals surface area (Å²) in [6, 6.07) is 3.48. The van der Waals surface area contributed by atoms with E-state index in [1.54, 1.807) is 6.07 Å². The Hall–Kier alpha value is -0.790. The Morgan fingerprint density at radius 1 is 1.75 bits per heavy atom. The maximum Gasteiger partial charge on any atom is 0.184 e. The molecule has 62 valence electrons. The topological polar surface area (TPSA) is 45.9 Å². The third-order valence-electron chi connectivity index (χ3n) is 1.22. The van der Waals surface area contributed by atoms with Gasteiger partial charge in [0.1, 0.15) is 11.2 Å². The zero-order valence-electron chi connectivity index (χ0n) is 6.14. The van der Waals surface area contributed by atoms with Crippen LogP contribution in [0.3, 0.4) is 0 Å². The number of halogens is 2. The van der Waals surface area contributed by atoms with Crippen molar-refractivity contribution < 1.29 is 4.74 Å². The lowest BCUT2D eigenvalue weighted by molar-refractivity contribution is 0.411. The molecule has 1 aromatic heterocycles. The summed E-state index contributed by atoms with van der Waals surface area (Å²) >= 11 is 8.82. The first-order valence-corrected chi connectivity index (χ1v) is 4.16. The lowest BCUT2D eigenvalue weighted by atomic mass is 10.3. The van der Waals surface area contributed by atoms with Crippen molar-refractivity contribution in [1.29, 1.82) is 5.26 Å². The van der Waals surface area contributed by atoms with Gasteiger partial charge < -0.3 is 4.74 Å². The van der Waals surface area contributed by atoms with Crippen LogP contribution in [-0.4, -0.2) is 12.1 Å². The minimum Gasteiger partial charge on any atom is -0.494 e. The molecule has 0 fully saturated rings. The van der Waals surface area contributed by atoms with E-state index >= 15 is 0 Å². The molecule has 0 saturated carbocycles. The van der Waals surface area contributed by atoms with Crippen molar-refractivity contribution in [2.45, 2.75) is 0 Å². The smallest absolute Gasteiger partial charge is 0.184 e. The first-order valence-electron chi connectivity index (χ1n) is 2.99. The van der Waals surface area contributed by atoms with Gasteiger partial charge >= 0.3 is 0 Å². The molecule has 0 atom stereocenters. The molecule has 0 N–H and O–H groups in total. The molecule has 1 heterocycles. The minimum atomic E-state index is 0.186. The molecule has 3 nitrogen and oxygen atoms in total. The van der Waals surface area contributed by atoms with Gasteiger partial charge in [-0.3, -0.25) is 0 Å². The Bertz CT molecular complexity index is 348. The Labute approximate surface area is 83.1 Å². The number of ether oxygens (including phenoxy) is 1. The quantitative estimate of drug-likeness (QED) is 0.716. The van der Waals surface area contributed by atoms with Crippen molar-refractivity contribution in [2.24, 2.45) is 0 Å². The van der Waals surface area contributed by atoms with E-state index in [2.05, 4.69) is 20.9 Å². The molecule has 0 radical (unpaired) electrons. The van der Waals surface area contributed by atoms with Crippen molar-refractivity contribution in [3.63, 3.8) is 0 Å². The molecule has 1 rings (SSSR count). The van der Waals surface area contributed by atoms with Crippen LogP contribution in [0.4, 0.5) is 0 Å². The zero-order valence-corrected chi connectivity index (χ0v) is 8.48. The van der Waals surface area contributed by atoms with E-state index in [4.69, 9.17) is 21.6 Å². The Morgan fingerprint density at radius 3 is 2.92 bits per heavy atom. The van der Waals surface area contributed by atoms with Gasteiger partial charge in [-0.2, -0.15) is 5.26 Å². The first kappa shape index (κ1) is 9.30. The Balaban J connectivity index is 3.31. The fraction of sp³-hybridized carbons (Fsp3) is 0.143. The number of pyridine rings is 1. The van der Waals surface area contributed by atoms with Crippen molar-refractivity contribution in [3.05, 3.63) is 21.4 Å². The lowest BCUT2D eigenvalue weighted by Gasteiger charge is -2.02. The number of methoxy groups -OCH3 is 1. The summed E-state index contributed by atoms with van der Waals surface area (Å²) in [5.74, 6) is 0.411. The maximum atomic E-state index is 8.60. The number of aromatic nitrogens is 1. The summed E-state index contributed by atoms with van der Waals surface area (Å²) in [6.45, 7) is 0. The van der Waals surface area contributed by atoms with Crippen molar-refractivity contribution in [3.8, 4) is 11.8 Å². The lowest BCUT2D eigenvalue weighted by Crippen LogP contribution is -1.92. The predicted molar refractivity (Wildman–Crippen MR) is 48.2 cm³/mol. The van der Waals surface area contributed by atoms with Crippen LogP contribution in [0.1, 0.15) is 5.69 Å². The minimum absolute atomic E-state index is 0.186. The third kappa shape index (κ3) is 1.68. The summed E-state index contributed by atoms with van der Waals surface area (Å²) in [4.78, 5) is 3.79. The van der Waals surface area contributed by atoms with Crippen LogP contribution in [0, 0.1) is 11.3 Å². The molecule has 0 bridgehead atoms. The highest BCUT2D eigenvalue weighted by Gasteiger charge is 2.07. The maximum absolute atomic E-state index is 8.60. The molecule has 0 amide bonds. The van der Waals surface area contributed by atoms with Crippen LogP contribution in [-0.2, 0) is 0 Å². The van der Waals surface area contributed by atoms with E-state index in [-0.39, 0.29) is 10.8 Å². The SMILES string of the molecule is COc1cc(Br)c(Cl)nc1C#N. The van der Waals surface area contributed by atoms with Crippen LogP contribution in [0.5, 0.6) is 5.75 Å². The second-order valence-corrected chi connectivity index (χ2v) is 3.14. The third-order valence-corrected chi connectivity index (χ3v) is 2.34. The van der Waals surface area contributed by atoms with Gasteiger partial charge in [0.2, 0.25) is 0 Å². The molecule has 0 aliphatic rings. The van der Waals surface area contributed by atoms with Crippen molar-refractivity contribution in [2.75, 3.05) is 7.11 Å². The van der Waals surface area contributed by atoms with Gasteiger partial charge in [0.05, 0.1) is 11.6 Å². The fourth-order valence-electron chi connectivity index (χ4n) is 0.685. The molecule has 0 aliphatic carbocycles. The molecule has 0 saturated heterocycles. The second kappa shape index (κ2) is 3.74. The van der Waals surface area contributed by atoms with Gasteiger partial charge in [-0.25, -0.2) is 4.98 Å².